The summed E-state index contributed by atoms with van der Waals surface area (Å²) in [7, 11) is 1.08. The molecule has 0 aromatic heterocycles. The van der Waals surface area contributed by atoms with Crippen molar-refractivity contribution in [3.8, 4) is 0 Å². The fraction of sp³-hybridized carbons (Fsp3) is 0.474. The van der Waals surface area contributed by atoms with Crippen molar-refractivity contribution in [2.24, 2.45) is 17.8 Å². The number of fused-ring (bicyclic) bond motifs is 3. The number of hydrogen-bond donors (Lipinski definition) is 0. The first-order chi connectivity index (χ1) is 10.7. The van der Waals surface area contributed by atoms with E-state index in [2.05, 4.69) is 55.6 Å². The largest absolute Gasteiger partial charge is 4.00 e. The van der Waals surface area contributed by atoms with Gasteiger partial charge in [0.05, 0.1) is 5.91 Å². The number of rotatable bonds is 1. The van der Waals surface area contributed by atoms with Gasteiger partial charge in [0.2, 0.25) is 0 Å². The van der Waals surface area contributed by atoms with Crippen LogP contribution in [0.4, 0.5) is 0 Å². The van der Waals surface area contributed by atoms with E-state index in [0.29, 0.717) is 5.92 Å². The summed E-state index contributed by atoms with van der Waals surface area (Å²) in [4.78, 5) is 10.7. The molecule has 3 atom stereocenters. The van der Waals surface area contributed by atoms with Gasteiger partial charge in [-0.05, 0) is 31.1 Å². The van der Waals surface area contributed by atoms with Gasteiger partial charge in [-0.2, -0.15) is 17.5 Å². The van der Waals surface area contributed by atoms with E-state index >= 15 is 0 Å². The Kier molecular flexibility index (Phi) is 15.3. The number of benzene rings is 1. The minimum absolute atomic E-state index is 0. The molecule has 3 unspecified atom stereocenters. The van der Waals surface area contributed by atoms with Crippen LogP contribution in [0.5, 0.6) is 0 Å². The molecule has 1 N–H and O–H groups in total. The molecule has 25 heavy (non-hydrogen) atoms. The van der Waals surface area contributed by atoms with Gasteiger partial charge in [-0.15, -0.1) is 29.7 Å². The van der Waals surface area contributed by atoms with Crippen LogP contribution >= 0.6 is 0 Å². The molecule has 134 valence electrons. The maximum absolute atomic E-state index is 10.7. The third kappa shape index (κ3) is 8.03. The molecular formula is C19H25Cl2NOSiZr. The molecule has 2 aromatic rings. The second-order valence-electron chi connectivity index (χ2n) is 6.30. The standard InChI is InChI=1S/C9H7.C8H13NO.C2H6Si.2ClH.Zr/c1-2-5-9-7-3-6-8(9)4-1;9-8(10)7-4-5-1-2-6(7)3-5;1-3-2;;;/h1-7H;5-7H,1-4H2,(H2,9,10);1-2H3;2*1H;/q-1;;;;;+4/p-3. The number of amides is 1. The number of carbonyl (C=O) groups is 1. The fourth-order valence-corrected chi connectivity index (χ4v) is 3.64. The van der Waals surface area contributed by atoms with Crippen LogP contribution in [0.1, 0.15) is 25.7 Å². The van der Waals surface area contributed by atoms with Crippen LogP contribution in [-0.4, -0.2) is 15.4 Å². The summed E-state index contributed by atoms with van der Waals surface area (Å²) in [5, 5.41) is 2.66. The van der Waals surface area contributed by atoms with E-state index < -0.39 is 0 Å². The Morgan fingerprint density at radius 2 is 1.76 bits per heavy atom. The topological polar surface area (TPSA) is 40.9 Å². The van der Waals surface area contributed by atoms with Crippen LogP contribution in [0.25, 0.3) is 16.5 Å². The first kappa shape index (κ1) is 27.2. The summed E-state index contributed by atoms with van der Waals surface area (Å²) in [5.41, 5.74) is 6.99. The zero-order valence-electron chi connectivity index (χ0n) is 14.8. The molecule has 2 fully saturated rings. The third-order valence-corrected chi connectivity index (χ3v) is 4.62. The van der Waals surface area contributed by atoms with Crippen molar-refractivity contribution >= 4 is 26.2 Å². The van der Waals surface area contributed by atoms with E-state index in [1.165, 1.54) is 30.0 Å². The Morgan fingerprint density at radius 1 is 1.12 bits per heavy atom. The Morgan fingerprint density at radius 3 is 2.20 bits per heavy atom. The van der Waals surface area contributed by atoms with Crippen molar-refractivity contribution < 1.29 is 55.8 Å². The second-order valence-corrected chi connectivity index (χ2v) is 7.30. The molecule has 2 aliphatic rings. The molecule has 2 radical (unpaired) electrons. The summed E-state index contributed by atoms with van der Waals surface area (Å²) in [6.07, 6.45) is 4.77. The van der Waals surface area contributed by atoms with Crippen LogP contribution in [-0.2, 0) is 31.0 Å². The molecule has 0 saturated heterocycles. The maximum Gasteiger partial charge on any atom is 4.00 e. The molecule has 0 heterocycles. The predicted octanol–water partition coefficient (Wildman–Crippen LogP) is -0.648. The van der Waals surface area contributed by atoms with Crippen LogP contribution in [0.3, 0.4) is 0 Å². The minimum Gasteiger partial charge on any atom is -1.00 e. The number of halogens is 2. The van der Waals surface area contributed by atoms with Crippen LogP contribution in [0.15, 0.2) is 42.5 Å². The number of carbonyl (C=O) groups excluding carboxylic acids is 1. The zero-order chi connectivity index (χ0) is 15.9. The summed E-state index contributed by atoms with van der Waals surface area (Å²) in [6, 6.07) is 14.7. The smallest absolute Gasteiger partial charge is 1.00 e. The van der Waals surface area contributed by atoms with Gasteiger partial charge < -0.3 is 35.3 Å². The van der Waals surface area contributed by atoms with E-state index in [4.69, 9.17) is 5.73 Å². The predicted molar refractivity (Wildman–Crippen MR) is 95.3 cm³/mol. The van der Waals surface area contributed by atoms with E-state index in [9.17, 15) is 4.79 Å². The average Bonchev–Trinajstić information content (AvgIpc) is 3.24. The van der Waals surface area contributed by atoms with Gasteiger partial charge in [-0.25, -0.2) is 0 Å². The van der Waals surface area contributed by atoms with Gasteiger partial charge >= 0.3 is 26.2 Å². The average molecular weight is 474 g/mol. The fourth-order valence-electron chi connectivity index (χ4n) is 3.64. The Labute approximate surface area is 185 Å². The van der Waals surface area contributed by atoms with E-state index in [-0.39, 0.29) is 62.8 Å². The second kappa shape index (κ2) is 14.1. The van der Waals surface area contributed by atoms with Crippen molar-refractivity contribution in [3.05, 3.63) is 48.2 Å². The van der Waals surface area contributed by atoms with Gasteiger partial charge in [-0.1, -0.05) is 25.6 Å². The van der Waals surface area contributed by atoms with Crippen LogP contribution in [0.2, 0.25) is 13.1 Å². The molecule has 2 aliphatic carbocycles. The monoisotopic (exact) mass is 471 g/mol. The summed E-state index contributed by atoms with van der Waals surface area (Å²) in [5.74, 6) is 1.20. The van der Waals surface area contributed by atoms with Gasteiger partial charge in [0.15, 0.2) is 0 Å². The molecule has 2 aromatic carbocycles. The molecule has 6 heteroatoms. The first-order valence-electron chi connectivity index (χ1n) is 8.10. The molecule has 0 aliphatic heterocycles. The van der Waals surface area contributed by atoms with Crippen molar-refractivity contribution in [3.63, 3.8) is 0 Å². The molecule has 2 nitrogen and oxygen atoms in total. The minimum atomic E-state index is -0.313. The normalized spacial score (nSPS) is 22.1. The Balaban J connectivity index is 0. The van der Waals surface area contributed by atoms with Crippen molar-refractivity contribution in [1.82, 2.24) is 0 Å². The molecule has 4 rings (SSSR count). The molecule has 1 amide bonds. The van der Waals surface area contributed by atoms with E-state index in [1.54, 1.807) is 0 Å². The third-order valence-electron chi connectivity index (χ3n) is 4.62. The zero-order valence-corrected chi connectivity index (χ0v) is 19.7. The van der Waals surface area contributed by atoms with Crippen molar-refractivity contribution in [2.45, 2.75) is 38.8 Å². The Hall–Kier alpha value is -0.0200. The van der Waals surface area contributed by atoms with Crippen LogP contribution in [0, 0.1) is 17.8 Å². The quantitative estimate of drug-likeness (QED) is 0.401. The molecule has 2 saturated carbocycles. The molecule has 0 spiro atoms. The van der Waals surface area contributed by atoms with Gasteiger partial charge in [0.25, 0.3) is 0 Å². The van der Waals surface area contributed by atoms with E-state index in [0.717, 1.165) is 21.9 Å². The molecular weight excluding hydrogens is 448 g/mol. The van der Waals surface area contributed by atoms with Gasteiger partial charge in [0, 0.05) is 15.4 Å². The van der Waals surface area contributed by atoms with E-state index in [1.807, 2.05) is 0 Å². The van der Waals surface area contributed by atoms with Gasteiger partial charge in [-0.3, -0.25) is 0 Å². The van der Waals surface area contributed by atoms with Gasteiger partial charge in [0.1, 0.15) is 0 Å². The Bertz CT molecular complexity index is 578. The van der Waals surface area contributed by atoms with Crippen molar-refractivity contribution in [1.29, 1.82) is 0 Å². The molecule has 2 bridgehead atoms. The summed E-state index contributed by atoms with van der Waals surface area (Å²) in [6.45, 7) is 4.31. The number of hydrogen-bond acceptors (Lipinski definition) is 1. The van der Waals surface area contributed by atoms with Crippen molar-refractivity contribution in [2.75, 3.05) is 0 Å². The SMILES string of the molecule is C[Si]C.[Cl-].[Cl-].[NH-]C(=O)C1CC2CCC1C2.[Zr+4].c1ccc2[cH-]ccc2c1. The maximum atomic E-state index is 10.7. The summed E-state index contributed by atoms with van der Waals surface area (Å²) < 4.78 is 0. The number of nitrogens with one attached hydrogen (secondary N) is 1. The summed E-state index contributed by atoms with van der Waals surface area (Å²) >= 11 is 0. The van der Waals surface area contributed by atoms with Crippen LogP contribution < -0.4 is 24.8 Å². The first-order valence-corrected chi connectivity index (χ1v) is 10.1.